The number of hydrogen-bond donors (Lipinski definition) is 1. The summed E-state index contributed by atoms with van der Waals surface area (Å²) in [6.07, 6.45) is 0. The summed E-state index contributed by atoms with van der Waals surface area (Å²) in [5.41, 5.74) is 8.90. The molecule has 8 heteroatoms. The van der Waals surface area contributed by atoms with Gasteiger partial charge in [0.25, 0.3) is 0 Å². The molecule has 1 unspecified atom stereocenters. The molecule has 128 valence electrons. The van der Waals surface area contributed by atoms with Crippen molar-refractivity contribution in [1.29, 1.82) is 0 Å². The van der Waals surface area contributed by atoms with E-state index < -0.39 is 0 Å². The summed E-state index contributed by atoms with van der Waals surface area (Å²) in [7, 11) is 2.04. The first-order chi connectivity index (χ1) is 11.2. The number of likely N-dealkylation sites (N-methyl/N-ethyl adjacent to an activating group) is 1. The molecule has 0 radical (unpaired) electrons. The molecule has 2 aromatic heterocycles. The maximum Gasteiger partial charge on any atom is 0.191 e. The van der Waals surface area contributed by atoms with Gasteiger partial charge >= 0.3 is 0 Å². The molecule has 1 aliphatic rings. The Morgan fingerprint density at radius 3 is 2.62 bits per heavy atom. The van der Waals surface area contributed by atoms with Crippen LogP contribution in [0.25, 0.3) is 0 Å². The quantitative estimate of drug-likeness (QED) is 0.368. The Morgan fingerprint density at radius 2 is 1.96 bits per heavy atom. The van der Waals surface area contributed by atoms with Crippen molar-refractivity contribution in [2.24, 2.45) is 0 Å². The van der Waals surface area contributed by atoms with Crippen LogP contribution < -0.4 is 10.6 Å². The van der Waals surface area contributed by atoms with Crippen LogP contribution in [0.4, 0.5) is 11.5 Å². The molecule has 0 bridgehead atoms. The highest BCUT2D eigenvalue weighted by atomic mass is 35.5. The van der Waals surface area contributed by atoms with Gasteiger partial charge in [0.2, 0.25) is 0 Å². The van der Waals surface area contributed by atoms with Gasteiger partial charge in [0.05, 0.1) is 16.6 Å². The number of hydrogen-bond acceptors (Lipinski definition) is 6. The highest BCUT2D eigenvalue weighted by molar-refractivity contribution is 7.99. The molecule has 1 aliphatic heterocycles. The van der Waals surface area contributed by atoms with Crippen LogP contribution in [-0.4, -0.2) is 28.5 Å². The number of nitrogen functional groups attached to an aromatic ring is 1. The lowest BCUT2D eigenvalue weighted by Crippen LogP contribution is -2.25. The Kier molecular flexibility index (Phi) is 4.57. The third-order valence-corrected chi connectivity index (χ3v) is 5.55. The van der Waals surface area contributed by atoms with Crippen molar-refractivity contribution in [3.63, 3.8) is 0 Å². The van der Waals surface area contributed by atoms with Crippen molar-refractivity contribution >= 4 is 46.5 Å². The van der Waals surface area contributed by atoms with E-state index in [1.165, 1.54) is 23.4 Å². The van der Waals surface area contributed by atoms with Gasteiger partial charge in [0, 0.05) is 25.1 Å². The Balaban J connectivity index is 1.94. The fourth-order valence-corrected chi connectivity index (χ4v) is 4.51. The van der Waals surface area contributed by atoms with Crippen molar-refractivity contribution in [3.8, 4) is 0 Å². The van der Waals surface area contributed by atoms with Gasteiger partial charge in [0.15, 0.2) is 10.3 Å². The molecule has 0 saturated heterocycles. The molecule has 24 heavy (non-hydrogen) atoms. The zero-order valence-corrected chi connectivity index (χ0v) is 16.3. The van der Waals surface area contributed by atoms with Gasteiger partial charge in [-0.1, -0.05) is 48.8 Å². The Hall–Kier alpha value is -1.24. The van der Waals surface area contributed by atoms with Crippen LogP contribution >= 0.6 is 35.0 Å². The normalized spacial score (nSPS) is 17.0. The van der Waals surface area contributed by atoms with E-state index in [2.05, 4.69) is 39.8 Å². The summed E-state index contributed by atoms with van der Waals surface area (Å²) in [5, 5.41) is 1.42. The van der Waals surface area contributed by atoms with Crippen molar-refractivity contribution in [2.75, 3.05) is 24.2 Å². The SMILES string of the molecule is CC(Sc1nc(N)cc(Cl)n1)c1cc2c(c(Cl)n1)N(C)CC2(C)C. The van der Waals surface area contributed by atoms with E-state index in [9.17, 15) is 0 Å². The maximum atomic E-state index is 6.46. The van der Waals surface area contributed by atoms with Gasteiger partial charge in [-0.15, -0.1) is 0 Å². The monoisotopic (exact) mass is 383 g/mol. The van der Waals surface area contributed by atoms with Crippen LogP contribution in [0, 0.1) is 0 Å². The smallest absolute Gasteiger partial charge is 0.191 e. The topological polar surface area (TPSA) is 67.9 Å². The molecule has 3 rings (SSSR count). The van der Waals surface area contributed by atoms with Crippen molar-refractivity contribution in [1.82, 2.24) is 15.0 Å². The van der Waals surface area contributed by atoms with E-state index in [-0.39, 0.29) is 10.7 Å². The van der Waals surface area contributed by atoms with E-state index >= 15 is 0 Å². The lowest BCUT2D eigenvalue weighted by Gasteiger charge is -2.19. The second-order valence-electron chi connectivity index (χ2n) is 6.63. The summed E-state index contributed by atoms with van der Waals surface area (Å²) < 4.78 is 0. The number of rotatable bonds is 3. The maximum absolute atomic E-state index is 6.46. The van der Waals surface area contributed by atoms with Crippen LogP contribution in [0.3, 0.4) is 0 Å². The largest absolute Gasteiger partial charge is 0.384 e. The fraction of sp³-hybridized carbons (Fsp3) is 0.438. The molecule has 0 fully saturated rings. The third-order valence-electron chi connectivity index (χ3n) is 4.11. The van der Waals surface area contributed by atoms with Crippen LogP contribution in [0.15, 0.2) is 17.3 Å². The molecule has 2 N–H and O–H groups in total. The zero-order valence-electron chi connectivity index (χ0n) is 14.0. The summed E-state index contributed by atoms with van der Waals surface area (Å²) in [6, 6.07) is 3.66. The summed E-state index contributed by atoms with van der Waals surface area (Å²) in [4.78, 5) is 15.2. The van der Waals surface area contributed by atoms with Crippen LogP contribution in [0.2, 0.25) is 10.3 Å². The molecule has 2 aromatic rings. The van der Waals surface area contributed by atoms with E-state index in [4.69, 9.17) is 28.9 Å². The molecule has 0 amide bonds. The first-order valence-electron chi connectivity index (χ1n) is 7.56. The molecule has 5 nitrogen and oxygen atoms in total. The number of nitrogens with zero attached hydrogens (tertiary/aromatic N) is 4. The van der Waals surface area contributed by atoms with Gasteiger partial charge in [0.1, 0.15) is 11.0 Å². The number of fused-ring (bicyclic) bond motifs is 1. The van der Waals surface area contributed by atoms with Crippen molar-refractivity contribution in [3.05, 3.63) is 33.7 Å². The summed E-state index contributed by atoms with van der Waals surface area (Å²) in [5.74, 6) is 0.354. The molecule has 0 spiro atoms. The number of nitrogens with two attached hydrogens (primary N) is 1. The number of aromatic nitrogens is 3. The Morgan fingerprint density at radius 1 is 1.25 bits per heavy atom. The van der Waals surface area contributed by atoms with Crippen LogP contribution in [0.1, 0.15) is 37.3 Å². The minimum atomic E-state index is 0.0207. The summed E-state index contributed by atoms with van der Waals surface area (Å²) >= 11 is 13.9. The van der Waals surface area contributed by atoms with Crippen molar-refractivity contribution in [2.45, 2.75) is 36.6 Å². The van der Waals surface area contributed by atoms with E-state index in [0.717, 1.165) is 17.9 Å². The number of thioether (sulfide) groups is 1. The van der Waals surface area contributed by atoms with Crippen LogP contribution in [0.5, 0.6) is 0 Å². The van der Waals surface area contributed by atoms with Gasteiger partial charge in [-0.25, -0.2) is 15.0 Å². The predicted octanol–water partition coefficient (Wildman–Crippen LogP) is 4.34. The Labute approximate surface area is 156 Å². The molecular formula is C16H19Cl2N5S. The number of pyridine rings is 1. The van der Waals surface area contributed by atoms with Gasteiger partial charge in [-0.3, -0.25) is 0 Å². The average molecular weight is 384 g/mol. The van der Waals surface area contributed by atoms with E-state index in [0.29, 0.717) is 21.3 Å². The fourth-order valence-electron chi connectivity index (χ4n) is 3.05. The molecule has 3 heterocycles. The molecule has 1 atom stereocenters. The van der Waals surface area contributed by atoms with Gasteiger partial charge in [-0.2, -0.15) is 0 Å². The lowest BCUT2D eigenvalue weighted by molar-refractivity contribution is 0.562. The molecule has 0 saturated carbocycles. The Bertz CT molecular complexity index is 776. The first kappa shape index (κ1) is 17.6. The van der Waals surface area contributed by atoms with E-state index in [1.54, 1.807) is 0 Å². The number of halogens is 2. The average Bonchev–Trinajstić information content (AvgIpc) is 2.67. The molecule has 0 aromatic carbocycles. The van der Waals surface area contributed by atoms with Crippen molar-refractivity contribution < 1.29 is 0 Å². The van der Waals surface area contributed by atoms with Gasteiger partial charge < -0.3 is 10.6 Å². The van der Waals surface area contributed by atoms with E-state index in [1.807, 2.05) is 14.0 Å². The first-order valence-corrected chi connectivity index (χ1v) is 9.20. The zero-order chi connectivity index (χ0) is 17.6. The minimum Gasteiger partial charge on any atom is -0.384 e. The van der Waals surface area contributed by atoms with Gasteiger partial charge in [-0.05, 0) is 18.6 Å². The second kappa shape index (κ2) is 6.24. The third kappa shape index (κ3) is 3.27. The minimum absolute atomic E-state index is 0.0207. The second-order valence-corrected chi connectivity index (χ2v) is 8.69. The predicted molar refractivity (Wildman–Crippen MR) is 101 cm³/mol. The highest BCUT2D eigenvalue weighted by Crippen LogP contribution is 2.45. The molecule has 0 aliphatic carbocycles. The lowest BCUT2D eigenvalue weighted by atomic mass is 9.87. The highest BCUT2D eigenvalue weighted by Gasteiger charge is 2.36. The standard InChI is InChI=1S/C16H19Cl2N5S/c1-8(24-15-21-11(17)6-12(19)22-15)10-5-9-13(14(18)20-10)23(4)7-16(9,2)3/h5-6,8H,7H2,1-4H3,(H2,19,21,22). The summed E-state index contributed by atoms with van der Waals surface area (Å²) in [6.45, 7) is 7.40. The van der Waals surface area contributed by atoms with Crippen LogP contribution in [-0.2, 0) is 5.41 Å². The molecular weight excluding hydrogens is 365 g/mol. The number of anilines is 2.